The molecule has 2 atom stereocenters. The molecule has 1 rings (SSSR count). The number of ether oxygens (including phenoxy) is 2. The summed E-state index contributed by atoms with van der Waals surface area (Å²) in [6.45, 7) is 4.36. The zero-order chi connectivity index (χ0) is 11.3. The molecule has 0 saturated carbocycles. The predicted molar refractivity (Wildman–Crippen MR) is 59.9 cm³/mol. The number of cyclic esters (lactones) is 2. The molecule has 5 heteroatoms. The fourth-order valence-electron chi connectivity index (χ4n) is 1.84. The van der Waals surface area contributed by atoms with Crippen molar-refractivity contribution in [2.24, 2.45) is 5.92 Å². The molecule has 1 radical (unpaired) electrons. The molecule has 1 aliphatic rings. The van der Waals surface area contributed by atoms with Gasteiger partial charge < -0.3 is 9.47 Å². The monoisotopic (exact) mass is 237 g/mol. The van der Waals surface area contributed by atoms with Crippen LogP contribution in [0.15, 0.2) is 0 Å². The van der Waals surface area contributed by atoms with Gasteiger partial charge in [0.15, 0.2) is 0 Å². The molecule has 0 amide bonds. The van der Waals surface area contributed by atoms with E-state index in [9.17, 15) is 9.59 Å². The van der Waals surface area contributed by atoms with Crippen molar-refractivity contribution in [2.45, 2.75) is 45.6 Å². The van der Waals surface area contributed by atoms with Crippen LogP contribution in [0, 0.1) is 5.92 Å². The van der Waals surface area contributed by atoms with Gasteiger partial charge >= 0.3 is 11.9 Å². The maximum atomic E-state index is 11.2. The molecular formula is C11H18NaO4. The first-order chi connectivity index (χ1) is 7.17. The second-order valence-corrected chi connectivity index (χ2v) is 3.85. The van der Waals surface area contributed by atoms with E-state index in [1.807, 2.05) is 0 Å². The van der Waals surface area contributed by atoms with Gasteiger partial charge in [0.1, 0.15) is 19.1 Å². The summed E-state index contributed by atoms with van der Waals surface area (Å²) in [4.78, 5) is 22.2. The number of carbonyl (C=O) groups is 2. The molecule has 0 aromatic carbocycles. The average molecular weight is 237 g/mol. The van der Waals surface area contributed by atoms with Crippen LogP contribution in [-0.2, 0) is 19.1 Å². The fraction of sp³-hybridized carbons (Fsp3) is 0.818. The molecule has 87 valence electrons. The third kappa shape index (κ3) is 4.85. The van der Waals surface area contributed by atoms with Crippen LogP contribution in [0.5, 0.6) is 0 Å². The first kappa shape index (κ1) is 15.9. The van der Waals surface area contributed by atoms with Gasteiger partial charge in [-0.15, -0.1) is 0 Å². The van der Waals surface area contributed by atoms with Crippen molar-refractivity contribution in [3.05, 3.63) is 0 Å². The van der Waals surface area contributed by atoms with Crippen LogP contribution in [-0.4, -0.2) is 54.2 Å². The average Bonchev–Trinajstić information content (AvgIpc) is 2.36. The van der Waals surface area contributed by atoms with Crippen molar-refractivity contribution in [3.8, 4) is 0 Å². The van der Waals surface area contributed by atoms with Gasteiger partial charge in [-0.2, -0.15) is 0 Å². The topological polar surface area (TPSA) is 52.6 Å². The van der Waals surface area contributed by atoms with Crippen molar-refractivity contribution in [2.75, 3.05) is 6.61 Å². The van der Waals surface area contributed by atoms with Crippen LogP contribution >= 0.6 is 0 Å². The smallest absolute Gasteiger partial charge is 0.317 e. The summed E-state index contributed by atoms with van der Waals surface area (Å²) in [6.07, 6.45) is 2.46. The number of hydrogen-bond acceptors (Lipinski definition) is 4. The van der Waals surface area contributed by atoms with Crippen molar-refractivity contribution in [1.29, 1.82) is 0 Å². The third-order valence-corrected chi connectivity index (χ3v) is 2.69. The Morgan fingerprint density at radius 3 is 2.56 bits per heavy atom. The molecule has 1 saturated heterocycles. The summed E-state index contributed by atoms with van der Waals surface area (Å²) in [7, 11) is 0. The minimum Gasteiger partial charge on any atom is -0.461 e. The second-order valence-electron chi connectivity index (χ2n) is 3.85. The summed E-state index contributed by atoms with van der Waals surface area (Å²) in [5.74, 6) is -0.643. The fourth-order valence-corrected chi connectivity index (χ4v) is 1.84. The Hall–Kier alpha value is -0.0600. The number of esters is 2. The van der Waals surface area contributed by atoms with E-state index < -0.39 is 11.9 Å². The molecule has 0 N–H and O–H groups in total. The minimum absolute atomic E-state index is 0. The van der Waals surface area contributed by atoms with E-state index in [1.165, 1.54) is 0 Å². The number of hydrogen-bond donors (Lipinski definition) is 0. The Morgan fingerprint density at radius 2 is 2.00 bits per heavy atom. The Labute approximate surface area is 118 Å². The molecule has 2 unspecified atom stereocenters. The molecule has 4 nitrogen and oxygen atoms in total. The van der Waals surface area contributed by atoms with E-state index in [0.717, 1.165) is 19.3 Å². The van der Waals surface area contributed by atoms with Crippen LogP contribution in [0.4, 0.5) is 0 Å². The van der Waals surface area contributed by atoms with E-state index in [4.69, 9.17) is 9.47 Å². The van der Waals surface area contributed by atoms with Crippen LogP contribution < -0.4 is 0 Å². The van der Waals surface area contributed by atoms with Gasteiger partial charge in [-0.3, -0.25) is 9.59 Å². The normalized spacial score (nSPS) is 22.5. The molecular weight excluding hydrogens is 219 g/mol. The summed E-state index contributed by atoms with van der Waals surface area (Å²) in [5, 5.41) is 0. The molecule has 0 bridgehead atoms. The predicted octanol–water partition coefficient (Wildman–Crippen LogP) is 1.29. The first-order valence-electron chi connectivity index (χ1n) is 5.52. The third-order valence-electron chi connectivity index (χ3n) is 2.69. The summed E-state index contributed by atoms with van der Waals surface area (Å²) < 4.78 is 10.1. The van der Waals surface area contributed by atoms with Gasteiger partial charge in [0.05, 0.1) is 0 Å². The van der Waals surface area contributed by atoms with Gasteiger partial charge in [-0.1, -0.05) is 20.3 Å². The maximum Gasteiger partial charge on any atom is 0.317 e. The SMILES string of the molecule is CCCC(CC)C1COC(=O)CC(=O)O1.[Na]. The summed E-state index contributed by atoms with van der Waals surface area (Å²) >= 11 is 0. The Balaban J connectivity index is 0.00000225. The summed E-state index contributed by atoms with van der Waals surface area (Å²) in [5.41, 5.74) is 0. The summed E-state index contributed by atoms with van der Waals surface area (Å²) in [6, 6.07) is 0. The van der Waals surface area contributed by atoms with Gasteiger partial charge in [-0.25, -0.2) is 0 Å². The minimum atomic E-state index is -0.478. The van der Waals surface area contributed by atoms with Crippen molar-refractivity contribution in [3.63, 3.8) is 0 Å². The van der Waals surface area contributed by atoms with Crippen molar-refractivity contribution < 1.29 is 19.1 Å². The Morgan fingerprint density at radius 1 is 1.31 bits per heavy atom. The second kappa shape index (κ2) is 8.09. The van der Waals surface area contributed by atoms with Crippen LogP contribution in [0.1, 0.15) is 39.5 Å². The number of carbonyl (C=O) groups excluding carboxylic acids is 2. The van der Waals surface area contributed by atoms with E-state index in [-0.39, 0.29) is 48.7 Å². The Bertz CT molecular complexity index is 242. The van der Waals surface area contributed by atoms with E-state index in [1.54, 1.807) is 0 Å². The van der Waals surface area contributed by atoms with Gasteiger partial charge in [-0.05, 0) is 18.8 Å². The number of rotatable bonds is 4. The first-order valence-corrected chi connectivity index (χ1v) is 5.52. The molecule has 16 heavy (non-hydrogen) atoms. The van der Waals surface area contributed by atoms with Crippen LogP contribution in [0.2, 0.25) is 0 Å². The zero-order valence-electron chi connectivity index (χ0n) is 10.3. The maximum absolute atomic E-state index is 11.2. The molecule has 1 heterocycles. The Kier molecular flexibility index (Phi) is 8.06. The molecule has 1 fully saturated rings. The largest absolute Gasteiger partial charge is 0.461 e. The molecule has 0 aliphatic carbocycles. The van der Waals surface area contributed by atoms with Crippen molar-refractivity contribution >= 4 is 41.5 Å². The molecule has 0 spiro atoms. The standard InChI is InChI=1S/C11H18O4.Na/c1-3-5-8(4-2)9-7-14-10(12)6-11(13)15-9;/h8-9H,3-7H2,1-2H3;. The van der Waals surface area contributed by atoms with Gasteiger partial charge in [0, 0.05) is 29.6 Å². The van der Waals surface area contributed by atoms with E-state index >= 15 is 0 Å². The van der Waals surface area contributed by atoms with Crippen LogP contribution in [0.3, 0.4) is 0 Å². The van der Waals surface area contributed by atoms with E-state index in [2.05, 4.69) is 13.8 Å². The van der Waals surface area contributed by atoms with Crippen molar-refractivity contribution in [1.82, 2.24) is 0 Å². The van der Waals surface area contributed by atoms with Crippen LogP contribution in [0.25, 0.3) is 0 Å². The molecule has 0 aromatic rings. The van der Waals surface area contributed by atoms with Gasteiger partial charge in [0.2, 0.25) is 0 Å². The van der Waals surface area contributed by atoms with Gasteiger partial charge in [0.25, 0.3) is 0 Å². The molecule has 1 aliphatic heterocycles. The zero-order valence-corrected chi connectivity index (χ0v) is 12.3. The quantitative estimate of drug-likeness (QED) is 0.420. The van der Waals surface area contributed by atoms with E-state index in [0.29, 0.717) is 5.92 Å². The molecule has 0 aromatic heterocycles.